The third-order valence-corrected chi connectivity index (χ3v) is 1.90. The first-order chi connectivity index (χ1) is 6.41. The van der Waals surface area contributed by atoms with Crippen LogP contribution in [-0.4, -0.2) is 0 Å². The molecule has 13 heavy (non-hydrogen) atoms. The Hall–Kier alpha value is -0.780. The van der Waals surface area contributed by atoms with Crippen LogP contribution >= 0.6 is 0 Å². The van der Waals surface area contributed by atoms with Gasteiger partial charge < -0.3 is 0 Å². The first-order valence-electron chi connectivity index (χ1n) is 5.34. The van der Waals surface area contributed by atoms with Crippen molar-refractivity contribution in [2.75, 3.05) is 0 Å². The summed E-state index contributed by atoms with van der Waals surface area (Å²) in [6.07, 6.45) is 18.1. The molecule has 0 N–H and O–H groups in total. The molecule has 0 aliphatic rings. The summed E-state index contributed by atoms with van der Waals surface area (Å²) < 4.78 is 0. The highest BCUT2D eigenvalue weighted by Crippen LogP contribution is 2.03. The fraction of sp³-hybridized carbons (Fsp3) is 0.538. The van der Waals surface area contributed by atoms with Crippen LogP contribution in [0.2, 0.25) is 0 Å². The minimum Gasteiger partial charge on any atom is -0.103 e. The molecule has 0 heterocycles. The Kier molecular flexibility index (Phi) is 10.5. The van der Waals surface area contributed by atoms with Crippen molar-refractivity contribution in [3.63, 3.8) is 0 Å². The van der Waals surface area contributed by atoms with Gasteiger partial charge in [0.05, 0.1) is 0 Å². The van der Waals surface area contributed by atoms with Gasteiger partial charge in [0.25, 0.3) is 0 Å². The average Bonchev–Trinajstić information content (AvgIpc) is 2.16. The van der Waals surface area contributed by atoms with Crippen molar-refractivity contribution in [3.05, 3.63) is 37.0 Å². The third-order valence-electron chi connectivity index (χ3n) is 1.90. The highest BCUT2D eigenvalue weighted by molar-refractivity contribution is 5.01. The van der Waals surface area contributed by atoms with Crippen LogP contribution in [-0.2, 0) is 0 Å². The van der Waals surface area contributed by atoms with E-state index in [-0.39, 0.29) is 0 Å². The van der Waals surface area contributed by atoms with Gasteiger partial charge in [-0.3, -0.25) is 0 Å². The molecule has 0 spiro atoms. The van der Waals surface area contributed by atoms with Crippen molar-refractivity contribution < 1.29 is 0 Å². The molecule has 0 amide bonds. The summed E-state index contributed by atoms with van der Waals surface area (Å²) in [4.78, 5) is 0. The van der Waals surface area contributed by atoms with Gasteiger partial charge in [-0.25, -0.2) is 0 Å². The summed E-state index contributed by atoms with van der Waals surface area (Å²) in [5.74, 6) is 0. The molecule has 0 atom stereocenters. The SMILES string of the molecule is C=CCCCCC/C=C/C=C\CC. The lowest BCUT2D eigenvalue weighted by Gasteiger charge is -1.93. The Morgan fingerprint density at radius 3 is 2.31 bits per heavy atom. The second-order valence-electron chi connectivity index (χ2n) is 3.19. The van der Waals surface area contributed by atoms with E-state index in [4.69, 9.17) is 0 Å². The lowest BCUT2D eigenvalue weighted by atomic mass is 10.1. The van der Waals surface area contributed by atoms with Gasteiger partial charge in [0.1, 0.15) is 0 Å². The molecule has 74 valence electrons. The largest absolute Gasteiger partial charge is 0.103 e. The highest BCUT2D eigenvalue weighted by atomic mass is 13.9. The van der Waals surface area contributed by atoms with Gasteiger partial charge >= 0.3 is 0 Å². The molecule has 0 aliphatic carbocycles. The lowest BCUT2D eigenvalue weighted by Crippen LogP contribution is -1.73. The molecule has 0 aliphatic heterocycles. The maximum atomic E-state index is 3.71. The molecule has 0 heteroatoms. The molecule has 0 bridgehead atoms. The summed E-state index contributed by atoms with van der Waals surface area (Å²) in [7, 11) is 0. The second kappa shape index (κ2) is 11.2. The second-order valence-corrected chi connectivity index (χ2v) is 3.19. The first-order valence-corrected chi connectivity index (χ1v) is 5.34. The Balaban J connectivity index is 3.10. The summed E-state index contributed by atoms with van der Waals surface area (Å²) in [6.45, 7) is 5.86. The smallest absolute Gasteiger partial charge is 0.0348 e. The van der Waals surface area contributed by atoms with E-state index < -0.39 is 0 Å². The van der Waals surface area contributed by atoms with E-state index in [0.717, 1.165) is 6.42 Å². The molecular weight excluding hydrogens is 156 g/mol. The van der Waals surface area contributed by atoms with Gasteiger partial charge in [0, 0.05) is 0 Å². The van der Waals surface area contributed by atoms with Crippen molar-refractivity contribution in [1.29, 1.82) is 0 Å². The van der Waals surface area contributed by atoms with Gasteiger partial charge in [-0.1, -0.05) is 43.7 Å². The minimum atomic E-state index is 1.13. The Morgan fingerprint density at radius 1 is 0.923 bits per heavy atom. The average molecular weight is 178 g/mol. The predicted molar refractivity (Wildman–Crippen MR) is 61.9 cm³/mol. The first kappa shape index (κ1) is 12.2. The topological polar surface area (TPSA) is 0 Å². The highest BCUT2D eigenvalue weighted by Gasteiger charge is 1.83. The fourth-order valence-electron chi connectivity index (χ4n) is 1.12. The summed E-state index contributed by atoms with van der Waals surface area (Å²) >= 11 is 0. The summed E-state index contributed by atoms with van der Waals surface area (Å²) in [5, 5.41) is 0. The van der Waals surface area contributed by atoms with E-state index in [2.05, 4.69) is 37.8 Å². The third kappa shape index (κ3) is 11.2. The fourth-order valence-corrected chi connectivity index (χ4v) is 1.12. The number of unbranched alkanes of at least 4 members (excludes halogenated alkanes) is 4. The van der Waals surface area contributed by atoms with E-state index in [1.165, 1.54) is 32.1 Å². The van der Waals surface area contributed by atoms with E-state index in [1.54, 1.807) is 0 Å². The summed E-state index contributed by atoms with van der Waals surface area (Å²) in [6, 6.07) is 0. The number of hydrogen-bond donors (Lipinski definition) is 0. The van der Waals surface area contributed by atoms with Crippen LogP contribution in [0.1, 0.15) is 45.4 Å². The molecule has 0 aromatic heterocycles. The van der Waals surface area contributed by atoms with E-state index in [9.17, 15) is 0 Å². The van der Waals surface area contributed by atoms with Gasteiger partial charge in [-0.15, -0.1) is 6.58 Å². The zero-order chi connectivity index (χ0) is 9.78. The zero-order valence-corrected chi connectivity index (χ0v) is 8.84. The molecule has 0 fully saturated rings. The number of allylic oxidation sites excluding steroid dienone is 5. The molecule has 0 unspecified atom stereocenters. The van der Waals surface area contributed by atoms with Crippen LogP contribution in [0.3, 0.4) is 0 Å². The van der Waals surface area contributed by atoms with Gasteiger partial charge in [-0.2, -0.15) is 0 Å². The molecule has 0 aromatic rings. The molecule has 0 saturated carbocycles. The van der Waals surface area contributed by atoms with Gasteiger partial charge in [0.15, 0.2) is 0 Å². The van der Waals surface area contributed by atoms with Crippen LogP contribution in [0.15, 0.2) is 37.0 Å². The molecule has 0 radical (unpaired) electrons. The predicted octanol–water partition coefficient (Wildman–Crippen LogP) is 4.65. The van der Waals surface area contributed by atoms with Crippen LogP contribution in [0, 0.1) is 0 Å². The summed E-state index contributed by atoms with van der Waals surface area (Å²) in [5.41, 5.74) is 0. The molecule has 0 saturated heterocycles. The molecular formula is C13H22. The van der Waals surface area contributed by atoms with Crippen molar-refractivity contribution in [1.82, 2.24) is 0 Å². The maximum Gasteiger partial charge on any atom is -0.0348 e. The molecule has 0 rings (SSSR count). The maximum absolute atomic E-state index is 3.71. The number of rotatable bonds is 8. The lowest BCUT2D eigenvalue weighted by molar-refractivity contribution is 0.696. The van der Waals surface area contributed by atoms with Crippen molar-refractivity contribution in [2.24, 2.45) is 0 Å². The Labute approximate surface area is 83.0 Å². The molecule has 0 nitrogen and oxygen atoms in total. The normalized spacial score (nSPS) is 11.5. The van der Waals surface area contributed by atoms with Crippen molar-refractivity contribution in [2.45, 2.75) is 45.4 Å². The Bertz CT molecular complexity index is 151. The zero-order valence-electron chi connectivity index (χ0n) is 8.84. The van der Waals surface area contributed by atoms with Crippen LogP contribution in [0.25, 0.3) is 0 Å². The van der Waals surface area contributed by atoms with Crippen molar-refractivity contribution in [3.8, 4) is 0 Å². The number of hydrogen-bond acceptors (Lipinski definition) is 0. The van der Waals surface area contributed by atoms with Gasteiger partial charge in [0.2, 0.25) is 0 Å². The Morgan fingerprint density at radius 2 is 1.62 bits per heavy atom. The molecule has 0 aromatic carbocycles. The van der Waals surface area contributed by atoms with Crippen LogP contribution < -0.4 is 0 Å². The minimum absolute atomic E-state index is 1.13. The van der Waals surface area contributed by atoms with E-state index >= 15 is 0 Å². The standard InChI is InChI=1S/C13H22/c1-3-5-7-9-11-13-12-10-8-6-4-2/h3,6,8,10,12H,1,4-5,7,9,11,13H2,2H3/b8-6-,12-10+. The van der Waals surface area contributed by atoms with Crippen LogP contribution in [0.4, 0.5) is 0 Å². The van der Waals surface area contributed by atoms with E-state index in [1.807, 2.05) is 6.08 Å². The quantitative estimate of drug-likeness (QED) is 0.288. The van der Waals surface area contributed by atoms with Crippen molar-refractivity contribution >= 4 is 0 Å². The van der Waals surface area contributed by atoms with Crippen LogP contribution in [0.5, 0.6) is 0 Å². The monoisotopic (exact) mass is 178 g/mol. The van der Waals surface area contributed by atoms with E-state index in [0.29, 0.717) is 0 Å². The van der Waals surface area contributed by atoms with Gasteiger partial charge in [-0.05, 0) is 32.1 Å².